The van der Waals surface area contributed by atoms with Crippen LogP contribution in [0.25, 0.3) is 0 Å². The molecule has 1 aromatic carbocycles. The summed E-state index contributed by atoms with van der Waals surface area (Å²) in [5.41, 5.74) is 6.24. The number of hydrogen-bond acceptors (Lipinski definition) is 6. The van der Waals surface area contributed by atoms with Gasteiger partial charge in [-0.25, -0.2) is 13.1 Å². The molecule has 5 nitrogen and oxygen atoms in total. The van der Waals surface area contributed by atoms with Crippen LogP contribution in [0.1, 0.15) is 0 Å². The third-order valence-corrected chi connectivity index (χ3v) is 7.10. The fraction of sp³-hybridized carbons (Fsp3) is 0.538. The average molecular weight is 349 g/mol. The lowest BCUT2D eigenvalue weighted by molar-refractivity contribution is 0.342. The Balaban J connectivity index is 1.72. The number of rotatable bonds is 7. The van der Waals surface area contributed by atoms with E-state index in [1.165, 1.54) is 0 Å². The zero-order valence-electron chi connectivity index (χ0n) is 11.7. The van der Waals surface area contributed by atoms with Crippen LogP contribution in [0.2, 0.25) is 0 Å². The van der Waals surface area contributed by atoms with Gasteiger partial charge in [-0.15, -0.1) is 0 Å². The van der Waals surface area contributed by atoms with E-state index in [1.54, 1.807) is 24.3 Å². The molecule has 0 aromatic heterocycles. The SMILES string of the molecule is Nc1ccccc1OCCS(=O)(=O)NCC1CSCCS1. The molecule has 1 unspecified atom stereocenters. The maximum Gasteiger partial charge on any atom is 0.214 e. The first-order valence-corrected chi connectivity index (χ1v) is 10.6. The topological polar surface area (TPSA) is 81.4 Å². The standard InChI is InChI=1S/C13H20N2O3S3/c14-12-3-1-2-4-13(12)18-5-8-21(16,17)15-9-11-10-19-6-7-20-11/h1-4,11,15H,5-10,14H2. The molecule has 1 fully saturated rings. The van der Waals surface area contributed by atoms with Gasteiger partial charge in [-0.05, 0) is 12.1 Å². The molecular weight excluding hydrogens is 328 g/mol. The Labute approximate surface area is 134 Å². The molecule has 1 aliphatic rings. The van der Waals surface area contributed by atoms with Gasteiger partial charge in [0, 0.05) is 29.1 Å². The molecule has 3 N–H and O–H groups in total. The first-order chi connectivity index (χ1) is 10.1. The van der Waals surface area contributed by atoms with Gasteiger partial charge in [-0.3, -0.25) is 0 Å². The zero-order chi connectivity index (χ0) is 15.1. The van der Waals surface area contributed by atoms with Crippen molar-refractivity contribution in [3.63, 3.8) is 0 Å². The number of nitrogen functional groups attached to an aromatic ring is 1. The Morgan fingerprint density at radius 3 is 2.86 bits per heavy atom. The van der Waals surface area contributed by atoms with Crippen molar-refractivity contribution in [3.05, 3.63) is 24.3 Å². The second kappa shape index (κ2) is 8.17. The predicted octanol–water partition coefficient (Wildman–Crippen LogP) is 1.42. The lowest BCUT2D eigenvalue weighted by Crippen LogP contribution is -2.36. The second-order valence-electron chi connectivity index (χ2n) is 4.62. The highest BCUT2D eigenvalue weighted by Crippen LogP contribution is 2.23. The number of nitrogens with one attached hydrogen (secondary N) is 1. The van der Waals surface area contributed by atoms with E-state index in [0.717, 1.165) is 17.3 Å². The van der Waals surface area contributed by atoms with Crippen molar-refractivity contribution in [2.24, 2.45) is 0 Å². The third kappa shape index (κ3) is 5.98. The predicted molar refractivity (Wildman–Crippen MR) is 91.7 cm³/mol. The van der Waals surface area contributed by atoms with Crippen LogP contribution in [0, 0.1) is 0 Å². The summed E-state index contributed by atoms with van der Waals surface area (Å²) >= 11 is 3.71. The van der Waals surface area contributed by atoms with Gasteiger partial charge in [0.05, 0.1) is 11.4 Å². The van der Waals surface area contributed by atoms with Crippen molar-refractivity contribution < 1.29 is 13.2 Å². The minimum Gasteiger partial charge on any atom is -0.490 e. The molecule has 0 saturated carbocycles. The van der Waals surface area contributed by atoms with Crippen molar-refractivity contribution in [2.45, 2.75) is 5.25 Å². The van der Waals surface area contributed by atoms with Crippen LogP contribution in [-0.2, 0) is 10.0 Å². The number of anilines is 1. The van der Waals surface area contributed by atoms with E-state index in [0.29, 0.717) is 23.2 Å². The van der Waals surface area contributed by atoms with Gasteiger partial charge < -0.3 is 10.5 Å². The van der Waals surface area contributed by atoms with Crippen molar-refractivity contribution in [1.82, 2.24) is 4.72 Å². The van der Waals surface area contributed by atoms with Crippen LogP contribution in [0.3, 0.4) is 0 Å². The van der Waals surface area contributed by atoms with Gasteiger partial charge in [0.15, 0.2) is 0 Å². The molecular formula is C13H20N2O3S3. The maximum absolute atomic E-state index is 11.9. The van der Waals surface area contributed by atoms with Crippen molar-refractivity contribution in [3.8, 4) is 5.75 Å². The summed E-state index contributed by atoms with van der Waals surface area (Å²) in [4.78, 5) is 0. The van der Waals surface area contributed by atoms with Crippen LogP contribution in [-0.4, -0.2) is 49.8 Å². The first-order valence-electron chi connectivity index (χ1n) is 6.71. The highest BCUT2D eigenvalue weighted by atomic mass is 32.2. The molecule has 0 aliphatic carbocycles. The van der Waals surface area contributed by atoms with Crippen molar-refractivity contribution in [2.75, 3.05) is 41.9 Å². The van der Waals surface area contributed by atoms with E-state index in [-0.39, 0.29) is 12.4 Å². The number of benzene rings is 1. The third-order valence-electron chi connectivity index (χ3n) is 2.94. The number of nitrogens with two attached hydrogens (primary N) is 1. The lowest BCUT2D eigenvalue weighted by Gasteiger charge is -2.21. The Kier molecular flexibility index (Phi) is 6.53. The first kappa shape index (κ1) is 16.8. The molecule has 0 radical (unpaired) electrons. The minimum atomic E-state index is -3.30. The van der Waals surface area contributed by atoms with E-state index >= 15 is 0 Å². The normalized spacial score (nSPS) is 19.3. The van der Waals surface area contributed by atoms with Gasteiger partial charge >= 0.3 is 0 Å². The zero-order valence-corrected chi connectivity index (χ0v) is 14.1. The molecule has 118 valence electrons. The largest absolute Gasteiger partial charge is 0.490 e. The Morgan fingerprint density at radius 1 is 1.33 bits per heavy atom. The molecule has 1 atom stereocenters. The van der Waals surface area contributed by atoms with Gasteiger partial charge in [0.25, 0.3) is 0 Å². The molecule has 21 heavy (non-hydrogen) atoms. The van der Waals surface area contributed by atoms with E-state index in [4.69, 9.17) is 10.5 Å². The van der Waals surface area contributed by atoms with Crippen molar-refractivity contribution in [1.29, 1.82) is 0 Å². The van der Waals surface area contributed by atoms with Gasteiger partial charge in [-0.2, -0.15) is 23.5 Å². The Bertz CT molecular complexity index is 545. The summed E-state index contributed by atoms with van der Waals surface area (Å²) < 4.78 is 31.9. The quantitative estimate of drug-likeness (QED) is 0.725. The van der Waals surface area contributed by atoms with Crippen LogP contribution >= 0.6 is 23.5 Å². The van der Waals surface area contributed by atoms with Gasteiger partial charge in [-0.1, -0.05) is 12.1 Å². The highest BCUT2D eigenvalue weighted by Gasteiger charge is 2.18. The van der Waals surface area contributed by atoms with E-state index in [9.17, 15) is 8.42 Å². The maximum atomic E-state index is 11.9. The lowest BCUT2D eigenvalue weighted by atomic mass is 10.3. The summed E-state index contributed by atoms with van der Waals surface area (Å²) in [5.74, 6) is 3.70. The molecule has 1 aliphatic heterocycles. The molecule has 1 saturated heterocycles. The van der Waals surface area contributed by atoms with E-state index in [1.807, 2.05) is 23.5 Å². The molecule has 0 amide bonds. The summed E-state index contributed by atoms with van der Waals surface area (Å²) in [7, 11) is -3.30. The minimum absolute atomic E-state index is 0.0636. The molecule has 1 heterocycles. The fourth-order valence-corrected chi connectivity index (χ4v) is 5.44. The fourth-order valence-electron chi connectivity index (χ4n) is 1.82. The number of thioether (sulfide) groups is 2. The number of ether oxygens (including phenoxy) is 1. The van der Waals surface area contributed by atoms with Crippen LogP contribution in [0.4, 0.5) is 5.69 Å². The Hall–Kier alpha value is -0.570. The Morgan fingerprint density at radius 2 is 2.14 bits per heavy atom. The number of sulfonamides is 1. The average Bonchev–Trinajstić information content (AvgIpc) is 2.48. The van der Waals surface area contributed by atoms with Crippen LogP contribution < -0.4 is 15.2 Å². The molecule has 0 bridgehead atoms. The van der Waals surface area contributed by atoms with Crippen LogP contribution in [0.5, 0.6) is 5.75 Å². The number of para-hydroxylation sites is 2. The monoisotopic (exact) mass is 348 g/mol. The van der Waals surface area contributed by atoms with Crippen molar-refractivity contribution >= 4 is 39.2 Å². The molecule has 1 aromatic rings. The van der Waals surface area contributed by atoms with Gasteiger partial charge in [0.2, 0.25) is 10.0 Å². The molecule has 8 heteroatoms. The summed E-state index contributed by atoms with van der Waals surface area (Å²) in [6.07, 6.45) is 0. The summed E-state index contributed by atoms with van der Waals surface area (Å²) in [6.45, 7) is 0.587. The molecule has 0 spiro atoms. The smallest absolute Gasteiger partial charge is 0.214 e. The van der Waals surface area contributed by atoms with Crippen LogP contribution in [0.15, 0.2) is 24.3 Å². The summed E-state index contributed by atoms with van der Waals surface area (Å²) in [6, 6.07) is 7.06. The highest BCUT2D eigenvalue weighted by molar-refractivity contribution is 8.06. The van der Waals surface area contributed by atoms with E-state index < -0.39 is 10.0 Å². The number of hydrogen-bond donors (Lipinski definition) is 2. The summed E-state index contributed by atoms with van der Waals surface area (Å²) in [5, 5.41) is 0.365. The second-order valence-corrected chi connectivity index (χ2v) is 9.11. The molecule has 2 rings (SSSR count). The van der Waals surface area contributed by atoms with Gasteiger partial charge in [0.1, 0.15) is 12.4 Å². The van der Waals surface area contributed by atoms with E-state index in [2.05, 4.69) is 4.72 Å².